The van der Waals surface area contributed by atoms with Gasteiger partial charge in [0.15, 0.2) is 28.8 Å². The number of hydrogen-bond donors (Lipinski definition) is 5. The number of aromatic nitrogens is 5. The van der Waals surface area contributed by atoms with Crippen LogP contribution in [0.15, 0.2) is 73.2 Å². The van der Waals surface area contributed by atoms with Crippen molar-refractivity contribution >= 4 is 46.6 Å². The van der Waals surface area contributed by atoms with Crippen molar-refractivity contribution in [3.05, 3.63) is 84.3 Å². The van der Waals surface area contributed by atoms with Crippen molar-refractivity contribution in [2.24, 2.45) is 11.8 Å². The molecule has 1 unspecified atom stereocenters. The summed E-state index contributed by atoms with van der Waals surface area (Å²) in [6.45, 7) is 10.8. The molecule has 5 N–H and O–H groups in total. The standard InChI is InChI=1S/C46H57N9O10/c1-26(2)54-25-49-40-42(48-22-31-10-13-33(14-11-31)36-9-7-8-20-47-36)52-45(53-43(40)54)50-34-15-17-35(18-16-34)51-46(58)62-23-32-12-19-38(37(21-32)55(59)60)64-44-41(63-30(6)57)28(4)27(3)39(65-44)24-61-29(5)56/h7-14,19-21,25-28,34-35,39,41,44,59-60H,15-18,22-24H2,1-6H3,(H,51,58)(H2,48,50,52,53)/t27-,28+,34?,35?,39-,41-,44?/m1/s1. The molecule has 1 amide bonds. The monoisotopic (exact) mass is 895 g/mol. The Balaban J connectivity index is 0.925. The highest BCUT2D eigenvalue weighted by Crippen LogP contribution is 2.37. The molecule has 0 radical (unpaired) electrons. The number of rotatable bonds is 16. The molecule has 7 rings (SSSR count). The summed E-state index contributed by atoms with van der Waals surface area (Å²) in [6, 6.07) is 18.6. The average Bonchev–Trinajstić information content (AvgIpc) is 3.73. The zero-order valence-electron chi connectivity index (χ0n) is 37.3. The third-order valence-corrected chi connectivity index (χ3v) is 11.9. The first-order valence-electron chi connectivity index (χ1n) is 21.8. The molecule has 346 valence electrons. The molecule has 2 fully saturated rings. The van der Waals surface area contributed by atoms with E-state index in [9.17, 15) is 24.8 Å². The van der Waals surface area contributed by atoms with Crippen molar-refractivity contribution in [1.82, 2.24) is 29.8 Å². The van der Waals surface area contributed by atoms with Gasteiger partial charge in [-0.15, -0.1) is 5.23 Å². The highest BCUT2D eigenvalue weighted by atomic mass is 16.8. The lowest BCUT2D eigenvalue weighted by Gasteiger charge is -2.43. The van der Waals surface area contributed by atoms with E-state index >= 15 is 0 Å². The molecule has 1 saturated heterocycles. The van der Waals surface area contributed by atoms with Crippen LogP contribution >= 0.6 is 0 Å². The van der Waals surface area contributed by atoms with Gasteiger partial charge in [0.05, 0.1) is 18.1 Å². The zero-order valence-corrected chi connectivity index (χ0v) is 37.3. The first-order chi connectivity index (χ1) is 31.2. The smallest absolute Gasteiger partial charge is 0.407 e. The number of hydrogen-bond acceptors (Lipinski definition) is 17. The van der Waals surface area contributed by atoms with E-state index < -0.39 is 36.5 Å². The molecule has 3 aromatic heterocycles. The van der Waals surface area contributed by atoms with Crippen molar-refractivity contribution < 1.29 is 48.5 Å². The Morgan fingerprint density at radius 1 is 0.892 bits per heavy atom. The summed E-state index contributed by atoms with van der Waals surface area (Å²) in [5.74, 6) is -0.389. The molecule has 65 heavy (non-hydrogen) atoms. The number of amides is 1. The average molecular weight is 896 g/mol. The van der Waals surface area contributed by atoms with Crippen LogP contribution in [-0.2, 0) is 41.7 Å². The third kappa shape index (κ3) is 11.8. The van der Waals surface area contributed by atoms with E-state index in [4.69, 9.17) is 33.7 Å². The largest absolute Gasteiger partial charge is 0.463 e. The van der Waals surface area contributed by atoms with Gasteiger partial charge in [0, 0.05) is 56.2 Å². The van der Waals surface area contributed by atoms with Gasteiger partial charge in [0.25, 0.3) is 0 Å². The van der Waals surface area contributed by atoms with Crippen LogP contribution in [0.1, 0.15) is 84.4 Å². The molecule has 2 aliphatic rings. The second-order valence-electron chi connectivity index (χ2n) is 16.8. The number of nitrogens with zero attached hydrogens (tertiary/aromatic N) is 6. The van der Waals surface area contributed by atoms with Gasteiger partial charge in [-0.2, -0.15) is 9.97 Å². The quantitative estimate of drug-likeness (QED) is 0.0375. The van der Waals surface area contributed by atoms with E-state index in [1.54, 1.807) is 18.6 Å². The Labute approximate surface area is 376 Å². The number of esters is 2. The summed E-state index contributed by atoms with van der Waals surface area (Å²) in [4.78, 5) is 55.3. The van der Waals surface area contributed by atoms with Gasteiger partial charge in [-0.25, -0.2) is 9.78 Å². The summed E-state index contributed by atoms with van der Waals surface area (Å²) >= 11 is 0. The number of carbonyl (C=O) groups excluding carboxylic acids is 3. The fourth-order valence-corrected chi connectivity index (χ4v) is 8.05. The molecule has 1 aliphatic carbocycles. The second kappa shape index (κ2) is 21.0. The summed E-state index contributed by atoms with van der Waals surface area (Å²) in [7, 11) is 0. The van der Waals surface area contributed by atoms with Crippen LogP contribution in [0.25, 0.3) is 22.4 Å². The molecule has 0 spiro atoms. The van der Waals surface area contributed by atoms with Gasteiger partial charge in [0.1, 0.15) is 18.9 Å². The van der Waals surface area contributed by atoms with E-state index in [1.165, 1.54) is 26.0 Å². The molecule has 1 aliphatic heterocycles. The van der Waals surface area contributed by atoms with Crippen LogP contribution in [0.2, 0.25) is 0 Å². The van der Waals surface area contributed by atoms with Crippen LogP contribution in [-0.4, -0.2) is 90.1 Å². The number of benzene rings is 2. The minimum atomic E-state index is -1.18. The molecule has 5 aromatic rings. The maximum atomic E-state index is 13.0. The third-order valence-electron chi connectivity index (χ3n) is 11.9. The van der Waals surface area contributed by atoms with Crippen LogP contribution < -0.4 is 25.9 Å². The number of anilines is 3. The number of carbonyl (C=O) groups is 3. The molecular formula is C46H57N9O10. The van der Waals surface area contributed by atoms with E-state index in [0.29, 0.717) is 42.2 Å². The molecule has 5 atom stereocenters. The highest BCUT2D eigenvalue weighted by molar-refractivity contribution is 5.84. The van der Waals surface area contributed by atoms with Crippen molar-refractivity contribution in [2.45, 2.75) is 117 Å². The summed E-state index contributed by atoms with van der Waals surface area (Å²) < 4.78 is 30.5. The van der Waals surface area contributed by atoms with Gasteiger partial charge < -0.3 is 44.2 Å². The second-order valence-corrected chi connectivity index (χ2v) is 16.8. The molecule has 2 aromatic carbocycles. The predicted molar refractivity (Wildman–Crippen MR) is 238 cm³/mol. The van der Waals surface area contributed by atoms with Crippen LogP contribution in [0.5, 0.6) is 5.75 Å². The predicted octanol–water partition coefficient (Wildman–Crippen LogP) is 7.19. The Hall–Kier alpha value is -6.57. The van der Waals surface area contributed by atoms with Crippen LogP contribution in [0, 0.1) is 11.8 Å². The van der Waals surface area contributed by atoms with Crippen LogP contribution in [0.4, 0.5) is 22.2 Å². The van der Waals surface area contributed by atoms with Gasteiger partial charge in [-0.3, -0.25) is 25.0 Å². The first-order valence-corrected chi connectivity index (χ1v) is 21.8. The van der Waals surface area contributed by atoms with Crippen molar-refractivity contribution in [1.29, 1.82) is 0 Å². The van der Waals surface area contributed by atoms with Gasteiger partial charge >= 0.3 is 18.0 Å². The number of fused-ring (bicyclic) bond motifs is 1. The normalized spacial score (nSPS) is 21.9. The number of imidazole rings is 1. The number of ether oxygens (including phenoxy) is 5. The van der Waals surface area contributed by atoms with Crippen molar-refractivity contribution in [2.75, 3.05) is 22.5 Å². The maximum Gasteiger partial charge on any atom is 0.407 e. The summed E-state index contributed by atoms with van der Waals surface area (Å²) in [6.07, 6.45) is 3.20. The first kappa shape index (κ1) is 46.4. The number of pyridine rings is 1. The molecule has 1 saturated carbocycles. The number of alkyl carbamates (subject to hydrolysis) is 1. The summed E-state index contributed by atoms with van der Waals surface area (Å²) in [5.41, 5.74) is 4.70. The zero-order chi connectivity index (χ0) is 46.2. The highest BCUT2D eigenvalue weighted by Gasteiger charge is 2.45. The van der Waals surface area contributed by atoms with E-state index in [0.717, 1.165) is 35.3 Å². The maximum absolute atomic E-state index is 13.0. The SMILES string of the molecule is CC(=O)OC[C@H]1OC(Oc2ccc(COC(=O)NC3CCC(Nc4nc(NCc5ccc(-c6ccccn6)cc5)c5ncn(C(C)C)c5n4)CC3)cc2N(O)O)[C@H](OC(C)=O)[C@@H](C)[C@H]1C. The minimum absolute atomic E-state index is 0.0183. The number of nitrogens with one attached hydrogen (secondary N) is 3. The lowest BCUT2D eigenvalue weighted by molar-refractivity contribution is -0.253. The Morgan fingerprint density at radius 3 is 2.31 bits per heavy atom. The molecule has 0 bridgehead atoms. The Bertz CT molecular complexity index is 2410. The van der Waals surface area contributed by atoms with Crippen molar-refractivity contribution in [3.8, 4) is 17.0 Å². The fraction of sp³-hybridized carbons (Fsp3) is 0.457. The van der Waals surface area contributed by atoms with Gasteiger partial charge in [-0.05, 0) is 80.8 Å². The van der Waals surface area contributed by atoms with E-state index in [2.05, 4.69) is 64.0 Å². The Kier molecular flexibility index (Phi) is 15.0. The lowest BCUT2D eigenvalue weighted by atomic mass is 9.83. The summed E-state index contributed by atoms with van der Waals surface area (Å²) in [5, 5.41) is 30.1. The molecule has 19 nitrogen and oxygen atoms in total. The topological polar surface area (TPSA) is 234 Å². The fourth-order valence-electron chi connectivity index (χ4n) is 8.05. The van der Waals surface area contributed by atoms with E-state index in [1.807, 2.05) is 36.6 Å². The molecule has 4 heterocycles. The van der Waals surface area contributed by atoms with Crippen LogP contribution in [0.3, 0.4) is 0 Å². The van der Waals surface area contributed by atoms with Gasteiger partial charge in [-0.1, -0.05) is 50.2 Å². The van der Waals surface area contributed by atoms with E-state index in [-0.39, 0.29) is 59.8 Å². The lowest BCUT2D eigenvalue weighted by Crippen LogP contribution is -2.54. The van der Waals surface area contributed by atoms with Crippen molar-refractivity contribution in [3.63, 3.8) is 0 Å². The minimum Gasteiger partial charge on any atom is -0.463 e. The molecular weight excluding hydrogens is 839 g/mol. The molecule has 19 heteroatoms. The Morgan fingerprint density at radius 2 is 1.63 bits per heavy atom. The van der Waals surface area contributed by atoms with Gasteiger partial charge in [0.2, 0.25) is 12.2 Å².